The highest BCUT2D eigenvalue weighted by molar-refractivity contribution is 6.02. The van der Waals surface area contributed by atoms with Crippen molar-refractivity contribution >= 4 is 5.71 Å². The zero-order chi connectivity index (χ0) is 21.4. The fraction of sp³-hybridized carbons (Fsp3) is 0.480. The fourth-order valence-electron chi connectivity index (χ4n) is 5.32. The molecule has 1 saturated heterocycles. The van der Waals surface area contributed by atoms with Crippen molar-refractivity contribution < 1.29 is 19.1 Å². The molecule has 164 valence electrons. The van der Waals surface area contributed by atoms with E-state index in [1.165, 1.54) is 18.5 Å². The van der Waals surface area contributed by atoms with E-state index in [1.54, 1.807) is 19.1 Å². The molecular formula is C25H32N3O3+. The molecule has 0 radical (unpaired) electrons. The molecule has 6 heteroatoms. The van der Waals surface area contributed by atoms with Gasteiger partial charge in [-0.25, -0.2) is 5.01 Å². The van der Waals surface area contributed by atoms with Crippen LogP contribution in [0.4, 0.5) is 0 Å². The Labute approximate surface area is 184 Å². The third kappa shape index (κ3) is 3.43. The highest BCUT2D eigenvalue weighted by Crippen LogP contribution is 2.52. The Bertz CT molecular complexity index is 964. The monoisotopic (exact) mass is 422 g/mol. The van der Waals surface area contributed by atoms with E-state index in [0.29, 0.717) is 0 Å². The smallest absolute Gasteiger partial charge is 0.209 e. The number of methoxy groups -OCH3 is 2. The third-order valence-electron chi connectivity index (χ3n) is 6.97. The molecule has 1 fully saturated rings. The normalized spacial score (nSPS) is 26.7. The van der Waals surface area contributed by atoms with Crippen molar-refractivity contribution in [1.82, 2.24) is 5.01 Å². The van der Waals surface area contributed by atoms with Crippen molar-refractivity contribution in [2.24, 2.45) is 5.10 Å². The lowest BCUT2D eigenvalue weighted by molar-refractivity contribution is -0.908. The minimum Gasteiger partial charge on any atom is -0.497 e. The summed E-state index contributed by atoms with van der Waals surface area (Å²) in [6.07, 6.45) is 4.01. The number of ether oxygens (including phenoxy) is 3. The van der Waals surface area contributed by atoms with E-state index in [4.69, 9.17) is 19.3 Å². The second-order valence-corrected chi connectivity index (χ2v) is 8.77. The van der Waals surface area contributed by atoms with Crippen LogP contribution >= 0.6 is 0 Å². The molecule has 0 bridgehead atoms. The first-order chi connectivity index (χ1) is 15.2. The Morgan fingerprint density at radius 2 is 1.87 bits per heavy atom. The van der Waals surface area contributed by atoms with E-state index in [2.05, 4.69) is 36.2 Å². The van der Waals surface area contributed by atoms with Gasteiger partial charge in [-0.3, -0.25) is 0 Å². The number of hydrogen-bond donors (Lipinski definition) is 1. The number of nitrogens with zero attached hydrogens (tertiary/aromatic N) is 2. The van der Waals surface area contributed by atoms with Gasteiger partial charge >= 0.3 is 0 Å². The largest absolute Gasteiger partial charge is 0.497 e. The van der Waals surface area contributed by atoms with Crippen molar-refractivity contribution in [3.63, 3.8) is 0 Å². The lowest BCUT2D eigenvalue weighted by Gasteiger charge is -2.50. The average Bonchev–Trinajstić information content (AvgIpc) is 3.27. The van der Waals surface area contributed by atoms with Crippen LogP contribution in [0.2, 0.25) is 0 Å². The van der Waals surface area contributed by atoms with E-state index < -0.39 is 5.72 Å². The number of piperidine rings is 1. The maximum absolute atomic E-state index is 6.80. The molecule has 2 aromatic carbocycles. The van der Waals surface area contributed by atoms with Crippen LogP contribution in [0.3, 0.4) is 0 Å². The van der Waals surface area contributed by atoms with Gasteiger partial charge in [-0.05, 0) is 42.3 Å². The second-order valence-electron chi connectivity index (χ2n) is 8.77. The maximum Gasteiger partial charge on any atom is 0.209 e. The zero-order valence-corrected chi connectivity index (χ0v) is 18.7. The first-order valence-electron chi connectivity index (χ1n) is 11.4. The Kier molecular flexibility index (Phi) is 5.26. The Morgan fingerprint density at radius 3 is 2.55 bits per heavy atom. The molecule has 0 aromatic heterocycles. The molecule has 5 rings (SSSR count). The summed E-state index contributed by atoms with van der Waals surface area (Å²) in [5.41, 5.74) is 3.01. The Balaban J connectivity index is 1.53. The number of nitrogens with one attached hydrogen (secondary N) is 1. The predicted octanol–water partition coefficient (Wildman–Crippen LogP) is 3.03. The van der Waals surface area contributed by atoms with Crippen LogP contribution in [0.25, 0.3) is 0 Å². The number of hydrogen-bond acceptors (Lipinski definition) is 5. The van der Waals surface area contributed by atoms with Crippen molar-refractivity contribution in [1.29, 1.82) is 0 Å². The van der Waals surface area contributed by atoms with Crippen molar-refractivity contribution in [2.45, 2.75) is 44.4 Å². The average molecular weight is 423 g/mol. The first kappa shape index (κ1) is 20.2. The standard InChI is InChI=1S/C25H31N3O3/c1-4-14-27-15-12-25(13-16-27)28-22(20-6-5-7-23(30-3)24(20)31-25)17-21(26-28)18-8-10-19(29-2)11-9-18/h5-11,22H,4,12-17H2,1-3H3/p+1/t22-/m0/s1. The Hall–Kier alpha value is -2.73. The summed E-state index contributed by atoms with van der Waals surface area (Å²) in [5, 5.41) is 7.45. The van der Waals surface area contributed by atoms with Gasteiger partial charge in [0.25, 0.3) is 0 Å². The number of quaternary nitrogens is 1. The van der Waals surface area contributed by atoms with Crippen LogP contribution in [0.15, 0.2) is 47.6 Å². The maximum atomic E-state index is 6.80. The van der Waals surface area contributed by atoms with Gasteiger partial charge in [0, 0.05) is 12.0 Å². The first-order valence-corrected chi connectivity index (χ1v) is 11.4. The number of fused-ring (bicyclic) bond motifs is 4. The van der Waals surface area contributed by atoms with Crippen LogP contribution in [0.1, 0.15) is 49.8 Å². The van der Waals surface area contributed by atoms with Gasteiger partial charge in [0.05, 0.1) is 58.4 Å². The number of hydrazone groups is 1. The quantitative estimate of drug-likeness (QED) is 0.805. The van der Waals surface area contributed by atoms with E-state index in [-0.39, 0.29) is 6.04 Å². The molecular weight excluding hydrogens is 390 g/mol. The lowest BCUT2D eigenvalue weighted by Crippen LogP contribution is -3.14. The topological polar surface area (TPSA) is 47.7 Å². The molecule has 31 heavy (non-hydrogen) atoms. The van der Waals surface area contributed by atoms with E-state index in [0.717, 1.165) is 60.9 Å². The van der Waals surface area contributed by atoms with Gasteiger partial charge in [-0.2, -0.15) is 5.10 Å². The summed E-state index contributed by atoms with van der Waals surface area (Å²) in [6.45, 7) is 5.70. The van der Waals surface area contributed by atoms with Crippen molar-refractivity contribution in [2.75, 3.05) is 33.9 Å². The van der Waals surface area contributed by atoms with E-state index in [9.17, 15) is 0 Å². The molecule has 3 aliphatic rings. The number of rotatable bonds is 5. The molecule has 6 nitrogen and oxygen atoms in total. The van der Waals surface area contributed by atoms with Gasteiger partial charge in [-0.1, -0.05) is 19.1 Å². The summed E-state index contributed by atoms with van der Waals surface area (Å²) < 4.78 is 17.8. The van der Waals surface area contributed by atoms with Gasteiger partial charge in [-0.15, -0.1) is 0 Å². The van der Waals surface area contributed by atoms with E-state index >= 15 is 0 Å². The fourth-order valence-corrected chi connectivity index (χ4v) is 5.32. The third-order valence-corrected chi connectivity index (χ3v) is 6.97. The molecule has 1 spiro atoms. The molecule has 1 N–H and O–H groups in total. The summed E-state index contributed by atoms with van der Waals surface area (Å²) in [4.78, 5) is 1.66. The number of likely N-dealkylation sites (tertiary alicyclic amines) is 1. The highest BCUT2D eigenvalue weighted by atomic mass is 16.5. The minimum atomic E-state index is -0.405. The molecule has 0 aliphatic carbocycles. The van der Waals surface area contributed by atoms with E-state index in [1.807, 2.05) is 18.2 Å². The lowest BCUT2D eigenvalue weighted by atomic mass is 9.90. The molecule has 3 heterocycles. The number of para-hydroxylation sites is 1. The van der Waals surface area contributed by atoms with Crippen LogP contribution in [-0.2, 0) is 0 Å². The molecule has 1 atom stereocenters. The van der Waals surface area contributed by atoms with Gasteiger partial charge in [0.2, 0.25) is 5.72 Å². The minimum absolute atomic E-state index is 0.170. The summed E-state index contributed by atoms with van der Waals surface area (Å²) >= 11 is 0. The second kappa shape index (κ2) is 8.08. The summed E-state index contributed by atoms with van der Waals surface area (Å²) in [7, 11) is 3.42. The van der Waals surface area contributed by atoms with Gasteiger partial charge < -0.3 is 19.1 Å². The zero-order valence-electron chi connectivity index (χ0n) is 18.7. The van der Waals surface area contributed by atoms with Crippen LogP contribution in [0, 0.1) is 0 Å². The predicted molar refractivity (Wildman–Crippen MR) is 120 cm³/mol. The molecule has 0 unspecified atom stereocenters. The summed E-state index contributed by atoms with van der Waals surface area (Å²) in [6, 6.07) is 14.6. The van der Waals surface area contributed by atoms with Crippen LogP contribution < -0.4 is 19.1 Å². The van der Waals surface area contributed by atoms with Gasteiger partial charge in [0.15, 0.2) is 11.5 Å². The molecule has 3 aliphatic heterocycles. The molecule has 2 aromatic rings. The van der Waals surface area contributed by atoms with Crippen LogP contribution in [-0.4, -0.2) is 50.3 Å². The molecule has 0 saturated carbocycles. The van der Waals surface area contributed by atoms with Crippen molar-refractivity contribution in [3.05, 3.63) is 53.6 Å². The van der Waals surface area contributed by atoms with Crippen LogP contribution in [0.5, 0.6) is 17.2 Å². The summed E-state index contributed by atoms with van der Waals surface area (Å²) in [5.74, 6) is 2.58. The Morgan fingerprint density at radius 1 is 1.10 bits per heavy atom. The number of benzene rings is 2. The highest BCUT2D eigenvalue weighted by Gasteiger charge is 2.53. The SMILES string of the molecule is CCC[NH+]1CCC2(CC1)Oc1c(OC)cccc1[C@@H]1CC(c3ccc(OC)cc3)=NN12. The molecule has 0 amide bonds. The van der Waals surface area contributed by atoms with Gasteiger partial charge in [0.1, 0.15) is 5.75 Å². The van der Waals surface area contributed by atoms with Crippen molar-refractivity contribution in [3.8, 4) is 17.2 Å².